The van der Waals surface area contributed by atoms with Gasteiger partial charge in [0.25, 0.3) is 0 Å². The average molecular weight is 282 g/mol. The molecule has 2 atom stereocenters. The fourth-order valence-electron chi connectivity index (χ4n) is 2.90. The molecular weight excluding hydrogens is 260 g/mol. The lowest BCUT2D eigenvalue weighted by atomic mass is 10.0. The predicted octanol–water partition coefficient (Wildman–Crippen LogP) is 2.73. The van der Waals surface area contributed by atoms with Crippen molar-refractivity contribution in [1.29, 1.82) is 0 Å². The molecule has 0 aliphatic carbocycles. The highest BCUT2D eigenvalue weighted by atomic mass is 16.3. The summed E-state index contributed by atoms with van der Waals surface area (Å²) in [6.07, 6.45) is 0.630. The summed E-state index contributed by atoms with van der Waals surface area (Å²) in [5.41, 5.74) is 2.39. The Morgan fingerprint density at radius 3 is 2.33 bits per heavy atom. The van der Waals surface area contributed by atoms with Crippen molar-refractivity contribution >= 4 is 5.69 Å². The highest BCUT2D eigenvalue weighted by molar-refractivity contribution is 5.43. The zero-order valence-electron chi connectivity index (χ0n) is 12.2. The summed E-state index contributed by atoms with van der Waals surface area (Å²) in [6.45, 7) is 2.64. The summed E-state index contributed by atoms with van der Waals surface area (Å²) < 4.78 is 0. The van der Waals surface area contributed by atoms with Crippen LogP contribution in [0.15, 0.2) is 60.7 Å². The minimum Gasteiger partial charge on any atom is -0.390 e. The Hall–Kier alpha value is -1.84. The van der Waals surface area contributed by atoms with Gasteiger partial charge in [0.1, 0.15) is 0 Å². The smallest absolute Gasteiger partial charge is 0.0868 e. The maximum absolute atomic E-state index is 10.4. The second-order valence-electron chi connectivity index (χ2n) is 5.69. The SMILES string of the molecule is O[C@@H]1CN(Cc2ccccc2)CCC1Nc1ccccc1. The quantitative estimate of drug-likeness (QED) is 0.905. The fraction of sp³-hybridized carbons (Fsp3) is 0.333. The van der Waals surface area contributed by atoms with Gasteiger partial charge in [-0.3, -0.25) is 4.90 Å². The Morgan fingerprint density at radius 1 is 1.00 bits per heavy atom. The van der Waals surface area contributed by atoms with E-state index in [-0.39, 0.29) is 12.1 Å². The molecule has 0 amide bonds. The van der Waals surface area contributed by atoms with Crippen molar-refractivity contribution in [3.63, 3.8) is 0 Å². The summed E-state index contributed by atoms with van der Waals surface area (Å²) in [7, 11) is 0. The molecule has 0 radical (unpaired) electrons. The van der Waals surface area contributed by atoms with Gasteiger partial charge in [-0.15, -0.1) is 0 Å². The van der Waals surface area contributed by atoms with Crippen LogP contribution >= 0.6 is 0 Å². The van der Waals surface area contributed by atoms with Crippen LogP contribution < -0.4 is 5.32 Å². The number of nitrogens with zero attached hydrogens (tertiary/aromatic N) is 1. The molecule has 2 N–H and O–H groups in total. The van der Waals surface area contributed by atoms with Gasteiger partial charge in [0.15, 0.2) is 0 Å². The normalized spacial score (nSPS) is 22.9. The van der Waals surface area contributed by atoms with Gasteiger partial charge in [0.05, 0.1) is 12.1 Å². The van der Waals surface area contributed by atoms with Crippen molar-refractivity contribution in [2.45, 2.75) is 25.1 Å². The number of aliphatic hydroxyl groups excluding tert-OH is 1. The third-order valence-corrected chi connectivity index (χ3v) is 4.04. The number of likely N-dealkylation sites (tertiary alicyclic amines) is 1. The number of benzene rings is 2. The first-order valence-corrected chi connectivity index (χ1v) is 7.57. The summed E-state index contributed by atoms with van der Waals surface area (Å²) in [4.78, 5) is 2.32. The molecule has 0 saturated carbocycles. The van der Waals surface area contributed by atoms with Crippen molar-refractivity contribution in [3.05, 3.63) is 66.2 Å². The largest absolute Gasteiger partial charge is 0.390 e. The summed E-state index contributed by atoms with van der Waals surface area (Å²) in [5.74, 6) is 0. The van der Waals surface area contributed by atoms with Crippen LogP contribution in [0.25, 0.3) is 0 Å². The summed E-state index contributed by atoms with van der Waals surface area (Å²) in [6, 6.07) is 20.7. The molecule has 0 spiro atoms. The van der Waals surface area contributed by atoms with E-state index in [4.69, 9.17) is 0 Å². The van der Waals surface area contributed by atoms with E-state index >= 15 is 0 Å². The number of aliphatic hydroxyl groups is 1. The van der Waals surface area contributed by atoms with E-state index in [9.17, 15) is 5.11 Å². The Morgan fingerprint density at radius 2 is 1.67 bits per heavy atom. The number of para-hydroxylation sites is 1. The Bertz CT molecular complexity index is 544. The summed E-state index contributed by atoms with van der Waals surface area (Å²) >= 11 is 0. The molecule has 2 aromatic carbocycles. The fourth-order valence-corrected chi connectivity index (χ4v) is 2.90. The van der Waals surface area contributed by atoms with E-state index in [0.29, 0.717) is 0 Å². The van der Waals surface area contributed by atoms with Crippen molar-refractivity contribution in [2.24, 2.45) is 0 Å². The van der Waals surface area contributed by atoms with Crippen molar-refractivity contribution < 1.29 is 5.11 Å². The first kappa shape index (κ1) is 14.1. The van der Waals surface area contributed by atoms with E-state index in [2.05, 4.69) is 34.5 Å². The minimum absolute atomic E-state index is 0.138. The van der Waals surface area contributed by atoms with Gasteiger partial charge in [0.2, 0.25) is 0 Å². The monoisotopic (exact) mass is 282 g/mol. The predicted molar refractivity (Wildman–Crippen MR) is 86.2 cm³/mol. The lowest BCUT2D eigenvalue weighted by Gasteiger charge is -2.36. The van der Waals surface area contributed by atoms with E-state index in [1.807, 2.05) is 36.4 Å². The van der Waals surface area contributed by atoms with E-state index in [1.54, 1.807) is 0 Å². The van der Waals surface area contributed by atoms with E-state index in [0.717, 1.165) is 31.7 Å². The maximum atomic E-state index is 10.4. The second kappa shape index (κ2) is 6.74. The van der Waals surface area contributed by atoms with Gasteiger partial charge in [-0.05, 0) is 24.1 Å². The molecule has 0 bridgehead atoms. The standard InChI is InChI=1S/C18H22N2O/c21-18-14-20(13-15-7-3-1-4-8-15)12-11-17(18)19-16-9-5-2-6-10-16/h1-10,17-19,21H,11-14H2/t17?,18-/m1/s1. The van der Waals surface area contributed by atoms with Crippen LogP contribution in [-0.2, 0) is 6.54 Å². The number of anilines is 1. The minimum atomic E-state index is -0.331. The summed E-state index contributed by atoms with van der Waals surface area (Å²) in [5, 5.41) is 13.8. The van der Waals surface area contributed by atoms with E-state index in [1.165, 1.54) is 5.56 Å². The lowest BCUT2D eigenvalue weighted by Crippen LogP contribution is -2.49. The van der Waals surface area contributed by atoms with Crippen LogP contribution in [0.2, 0.25) is 0 Å². The van der Waals surface area contributed by atoms with Gasteiger partial charge in [-0.25, -0.2) is 0 Å². The number of nitrogens with one attached hydrogen (secondary N) is 1. The van der Waals surface area contributed by atoms with Gasteiger partial charge < -0.3 is 10.4 Å². The molecule has 1 fully saturated rings. The van der Waals surface area contributed by atoms with Crippen LogP contribution in [0.3, 0.4) is 0 Å². The first-order valence-electron chi connectivity index (χ1n) is 7.57. The lowest BCUT2D eigenvalue weighted by molar-refractivity contribution is 0.0562. The zero-order valence-corrected chi connectivity index (χ0v) is 12.2. The Labute approximate surface area is 126 Å². The number of hydrogen-bond acceptors (Lipinski definition) is 3. The van der Waals surface area contributed by atoms with Gasteiger partial charge in [-0.2, -0.15) is 0 Å². The third-order valence-electron chi connectivity index (χ3n) is 4.04. The number of β-amino-alcohol motifs (C(OH)–C–C–N with tert-alkyl or cyclic N) is 1. The Kier molecular flexibility index (Phi) is 4.53. The van der Waals surface area contributed by atoms with Crippen LogP contribution in [0, 0.1) is 0 Å². The van der Waals surface area contributed by atoms with Crippen molar-refractivity contribution in [1.82, 2.24) is 4.90 Å². The van der Waals surface area contributed by atoms with Crippen molar-refractivity contribution in [3.8, 4) is 0 Å². The van der Waals surface area contributed by atoms with Crippen LogP contribution in [0.5, 0.6) is 0 Å². The topological polar surface area (TPSA) is 35.5 Å². The average Bonchev–Trinajstić information content (AvgIpc) is 2.52. The molecule has 21 heavy (non-hydrogen) atoms. The van der Waals surface area contributed by atoms with Crippen LogP contribution in [-0.4, -0.2) is 35.2 Å². The van der Waals surface area contributed by atoms with Gasteiger partial charge in [0, 0.05) is 25.3 Å². The molecule has 1 aliphatic rings. The van der Waals surface area contributed by atoms with Crippen LogP contribution in [0.4, 0.5) is 5.69 Å². The number of piperidine rings is 1. The van der Waals surface area contributed by atoms with Crippen molar-refractivity contribution in [2.75, 3.05) is 18.4 Å². The number of rotatable bonds is 4. The molecule has 2 aromatic rings. The zero-order chi connectivity index (χ0) is 14.5. The molecule has 1 aliphatic heterocycles. The molecular formula is C18H22N2O. The van der Waals surface area contributed by atoms with Gasteiger partial charge >= 0.3 is 0 Å². The molecule has 1 saturated heterocycles. The van der Waals surface area contributed by atoms with Gasteiger partial charge in [-0.1, -0.05) is 48.5 Å². The van der Waals surface area contributed by atoms with Crippen LogP contribution in [0.1, 0.15) is 12.0 Å². The number of hydrogen-bond donors (Lipinski definition) is 2. The molecule has 110 valence electrons. The molecule has 0 aromatic heterocycles. The first-order chi connectivity index (χ1) is 10.3. The third kappa shape index (κ3) is 3.84. The Balaban J connectivity index is 1.54. The molecule has 3 rings (SSSR count). The second-order valence-corrected chi connectivity index (χ2v) is 5.69. The molecule has 1 unspecified atom stereocenters. The van der Waals surface area contributed by atoms with E-state index < -0.39 is 0 Å². The maximum Gasteiger partial charge on any atom is 0.0868 e. The highest BCUT2D eigenvalue weighted by Gasteiger charge is 2.27. The molecule has 3 heteroatoms. The molecule has 3 nitrogen and oxygen atoms in total. The molecule has 1 heterocycles. The highest BCUT2D eigenvalue weighted by Crippen LogP contribution is 2.18.